The number of hydrogen-bond donors (Lipinski definition) is 0. The van der Waals surface area contributed by atoms with Gasteiger partial charge in [-0.15, -0.1) is 0 Å². The molecule has 0 radical (unpaired) electrons. The van der Waals surface area contributed by atoms with E-state index in [4.69, 9.17) is 4.74 Å². The zero-order chi connectivity index (χ0) is 12.6. The smallest absolute Gasteiger partial charge is 0.321 e. The molecule has 0 bridgehead atoms. The number of nitrogens with zero attached hydrogens (tertiary/aromatic N) is 1. The largest absolute Gasteiger partial charge is 0.453 e. The third-order valence-electron chi connectivity index (χ3n) is 3.50. The van der Waals surface area contributed by atoms with Crippen molar-refractivity contribution in [1.29, 1.82) is 0 Å². The fraction of sp³-hybridized carbons (Fsp3) is 0.200. The average Bonchev–Trinajstić information content (AvgIpc) is 2.45. The maximum Gasteiger partial charge on any atom is 0.321 e. The Morgan fingerprint density at radius 2 is 1.83 bits per heavy atom. The van der Waals surface area contributed by atoms with Crippen molar-refractivity contribution in [2.45, 2.75) is 18.4 Å². The van der Waals surface area contributed by atoms with Crippen molar-refractivity contribution < 1.29 is 9.53 Å². The van der Waals surface area contributed by atoms with Crippen LogP contribution in [0.3, 0.4) is 0 Å². The first-order valence-electron chi connectivity index (χ1n) is 5.90. The SMILES string of the molecule is C[C@@]1(c2ccccc2)C(=O)O[C@@H]1c1ccccn1. The van der Waals surface area contributed by atoms with Gasteiger partial charge in [-0.05, 0) is 24.6 Å². The Kier molecular flexibility index (Phi) is 2.40. The summed E-state index contributed by atoms with van der Waals surface area (Å²) in [6.45, 7) is 1.91. The number of carbonyl (C=O) groups excluding carboxylic acids is 1. The van der Waals surface area contributed by atoms with E-state index in [1.54, 1.807) is 6.20 Å². The minimum absolute atomic E-state index is 0.190. The van der Waals surface area contributed by atoms with Crippen LogP contribution in [0.5, 0.6) is 0 Å². The first-order valence-corrected chi connectivity index (χ1v) is 5.90. The number of pyridine rings is 1. The lowest BCUT2D eigenvalue weighted by molar-refractivity contribution is -0.191. The molecule has 0 aliphatic carbocycles. The number of ether oxygens (including phenoxy) is 1. The summed E-state index contributed by atoms with van der Waals surface area (Å²) < 4.78 is 5.29. The van der Waals surface area contributed by atoms with Gasteiger partial charge in [-0.3, -0.25) is 9.78 Å². The Balaban J connectivity index is 2.02. The quantitative estimate of drug-likeness (QED) is 0.756. The molecule has 2 heterocycles. The van der Waals surface area contributed by atoms with Gasteiger partial charge in [0.25, 0.3) is 0 Å². The fourth-order valence-electron chi connectivity index (χ4n) is 2.34. The molecule has 0 unspecified atom stereocenters. The van der Waals surface area contributed by atoms with Crippen molar-refractivity contribution in [2.75, 3.05) is 0 Å². The summed E-state index contributed by atoms with van der Waals surface area (Å²) in [7, 11) is 0. The summed E-state index contributed by atoms with van der Waals surface area (Å²) >= 11 is 0. The molecule has 2 aromatic rings. The third-order valence-corrected chi connectivity index (χ3v) is 3.50. The molecule has 1 saturated heterocycles. The Morgan fingerprint density at radius 3 is 2.44 bits per heavy atom. The number of benzene rings is 1. The molecule has 1 aromatic heterocycles. The normalized spacial score (nSPS) is 26.3. The molecule has 3 rings (SSSR count). The van der Waals surface area contributed by atoms with Crippen LogP contribution in [-0.2, 0) is 14.9 Å². The predicted molar refractivity (Wildman–Crippen MR) is 66.9 cm³/mol. The highest BCUT2D eigenvalue weighted by molar-refractivity contribution is 5.89. The molecule has 0 N–H and O–H groups in total. The van der Waals surface area contributed by atoms with E-state index in [0.29, 0.717) is 0 Å². The van der Waals surface area contributed by atoms with Crippen LogP contribution in [0.25, 0.3) is 0 Å². The Hall–Kier alpha value is -2.16. The first kappa shape index (κ1) is 11.0. The molecule has 90 valence electrons. The molecule has 3 heteroatoms. The molecule has 3 nitrogen and oxygen atoms in total. The molecular weight excluding hydrogens is 226 g/mol. The van der Waals surface area contributed by atoms with Gasteiger partial charge in [-0.1, -0.05) is 36.4 Å². The van der Waals surface area contributed by atoms with Crippen molar-refractivity contribution in [3.8, 4) is 0 Å². The predicted octanol–water partition coefficient (Wildman–Crippen LogP) is 2.64. The number of cyclic esters (lactones) is 1. The van der Waals surface area contributed by atoms with Crippen molar-refractivity contribution in [2.24, 2.45) is 0 Å². The lowest BCUT2D eigenvalue weighted by Gasteiger charge is -2.44. The van der Waals surface area contributed by atoms with Gasteiger partial charge in [0.2, 0.25) is 0 Å². The van der Waals surface area contributed by atoms with Crippen LogP contribution in [0, 0.1) is 0 Å². The summed E-state index contributed by atoms with van der Waals surface area (Å²) in [6.07, 6.45) is 1.42. The highest BCUT2D eigenvalue weighted by Crippen LogP contribution is 2.48. The Labute approximate surface area is 105 Å². The second kappa shape index (κ2) is 3.95. The molecule has 1 fully saturated rings. The lowest BCUT2D eigenvalue weighted by Crippen LogP contribution is -2.52. The van der Waals surface area contributed by atoms with Gasteiger partial charge in [0.1, 0.15) is 5.41 Å². The molecule has 1 aromatic carbocycles. The van der Waals surface area contributed by atoms with Crippen LogP contribution in [-0.4, -0.2) is 11.0 Å². The molecule has 1 aliphatic heterocycles. The van der Waals surface area contributed by atoms with Crippen LogP contribution in [0.2, 0.25) is 0 Å². The minimum Gasteiger partial charge on any atom is -0.453 e. The molecule has 1 aliphatic rings. The van der Waals surface area contributed by atoms with Crippen molar-refractivity contribution >= 4 is 5.97 Å². The third kappa shape index (κ3) is 1.44. The summed E-state index contributed by atoms with van der Waals surface area (Å²) in [6, 6.07) is 15.4. The highest BCUT2D eigenvalue weighted by Gasteiger charge is 2.56. The maximum atomic E-state index is 11.9. The second-order valence-electron chi connectivity index (χ2n) is 4.61. The second-order valence-corrected chi connectivity index (χ2v) is 4.61. The summed E-state index contributed by atoms with van der Waals surface area (Å²) in [4.78, 5) is 16.2. The van der Waals surface area contributed by atoms with Gasteiger partial charge in [0, 0.05) is 6.20 Å². The monoisotopic (exact) mass is 239 g/mol. The summed E-state index contributed by atoms with van der Waals surface area (Å²) in [5.74, 6) is -0.190. The Morgan fingerprint density at radius 1 is 1.11 bits per heavy atom. The van der Waals surface area contributed by atoms with E-state index in [9.17, 15) is 4.79 Å². The first-order chi connectivity index (χ1) is 8.73. The van der Waals surface area contributed by atoms with Crippen LogP contribution >= 0.6 is 0 Å². The van der Waals surface area contributed by atoms with E-state index in [-0.39, 0.29) is 12.1 Å². The molecule has 0 amide bonds. The summed E-state index contributed by atoms with van der Waals surface area (Å²) in [5, 5.41) is 0. The highest BCUT2D eigenvalue weighted by atomic mass is 16.6. The van der Waals surface area contributed by atoms with Gasteiger partial charge in [0.05, 0.1) is 5.69 Å². The van der Waals surface area contributed by atoms with E-state index in [1.807, 2.05) is 55.5 Å². The number of aromatic nitrogens is 1. The number of rotatable bonds is 2. The van der Waals surface area contributed by atoms with Crippen LogP contribution in [0.4, 0.5) is 0 Å². The maximum absolute atomic E-state index is 11.9. The Bertz CT molecular complexity index is 568. The number of esters is 1. The van der Waals surface area contributed by atoms with Gasteiger partial charge in [-0.2, -0.15) is 0 Å². The zero-order valence-electron chi connectivity index (χ0n) is 10.0. The summed E-state index contributed by atoms with van der Waals surface area (Å²) in [5.41, 5.74) is 1.13. The van der Waals surface area contributed by atoms with Gasteiger partial charge >= 0.3 is 5.97 Å². The van der Waals surface area contributed by atoms with Crippen molar-refractivity contribution in [1.82, 2.24) is 4.98 Å². The van der Waals surface area contributed by atoms with E-state index in [1.165, 1.54) is 0 Å². The van der Waals surface area contributed by atoms with Crippen LogP contribution in [0.15, 0.2) is 54.7 Å². The molecule has 18 heavy (non-hydrogen) atoms. The van der Waals surface area contributed by atoms with Crippen molar-refractivity contribution in [3.63, 3.8) is 0 Å². The van der Waals surface area contributed by atoms with E-state index >= 15 is 0 Å². The number of carbonyl (C=O) groups is 1. The molecule has 2 atom stereocenters. The van der Waals surface area contributed by atoms with Crippen LogP contribution in [0.1, 0.15) is 24.3 Å². The molecule has 0 spiro atoms. The number of hydrogen-bond acceptors (Lipinski definition) is 3. The average molecular weight is 239 g/mol. The molecular formula is C15H13NO2. The van der Waals surface area contributed by atoms with Crippen molar-refractivity contribution in [3.05, 3.63) is 66.0 Å². The van der Waals surface area contributed by atoms with Gasteiger partial charge in [-0.25, -0.2) is 0 Å². The molecule has 0 saturated carbocycles. The standard InChI is InChI=1S/C15H13NO2/c1-15(11-7-3-2-4-8-11)13(18-14(15)17)12-9-5-6-10-16-12/h2-10,13H,1H3/t13-,15+/m1/s1. The van der Waals surface area contributed by atoms with Gasteiger partial charge < -0.3 is 4.74 Å². The van der Waals surface area contributed by atoms with E-state index in [2.05, 4.69) is 4.98 Å². The van der Waals surface area contributed by atoms with E-state index in [0.717, 1.165) is 11.3 Å². The topological polar surface area (TPSA) is 39.2 Å². The van der Waals surface area contributed by atoms with Crippen LogP contribution < -0.4 is 0 Å². The lowest BCUT2D eigenvalue weighted by atomic mass is 9.72. The fourth-order valence-corrected chi connectivity index (χ4v) is 2.34. The van der Waals surface area contributed by atoms with Gasteiger partial charge in [0.15, 0.2) is 6.10 Å². The zero-order valence-corrected chi connectivity index (χ0v) is 10.0. The van der Waals surface area contributed by atoms with E-state index < -0.39 is 5.41 Å². The minimum atomic E-state index is -0.629.